The van der Waals surface area contributed by atoms with Crippen molar-refractivity contribution in [2.75, 3.05) is 7.11 Å². The summed E-state index contributed by atoms with van der Waals surface area (Å²) in [7, 11) is 1.70. The molecular formula is C29H26O2. The van der Waals surface area contributed by atoms with E-state index in [1.54, 1.807) is 7.11 Å². The molecular weight excluding hydrogens is 380 g/mol. The molecule has 154 valence electrons. The van der Waals surface area contributed by atoms with Crippen molar-refractivity contribution in [3.63, 3.8) is 0 Å². The summed E-state index contributed by atoms with van der Waals surface area (Å²) in [6, 6.07) is 30.4. The molecule has 4 aromatic rings. The number of hydrogen-bond donors (Lipinski definition) is 1. The lowest BCUT2D eigenvalue weighted by Gasteiger charge is -2.34. The number of hydrogen-bond acceptors (Lipinski definition) is 2. The number of benzene rings is 4. The highest BCUT2D eigenvalue weighted by Gasteiger charge is 2.46. The van der Waals surface area contributed by atoms with E-state index in [0.717, 1.165) is 11.3 Å². The maximum atomic E-state index is 9.61. The molecule has 0 heterocycles. The van der Waals surface area contributed by atoms with Crippen LogP contribution in [0.15, 0.2) is 84.9 Å². The van der Waals surface area contributed by atoms with Gasteiger partial charge in [0.2, 0.25) is 0 Å². The molecule has 0 aromatic heterocycles. The van der Waals surface area contributed by atoms with Gasteiger partial charge in [-0.05, 0) is 64.9 Å². The number of aliphatic hydroxyl groups is 1. The summed E-state index contributed by atoms with van der Waals surface area (Å²) in [4.78, 5) is 0. The van der Waals surface area contributed by atoms with E-state index in [1.807, 2.05) is 24.3 Å². The molecule has 1 aliphatic carbocycles. The highest BCUT2D eigenvalue weighted by molar-refractivity contribution is 5.86. The average molecular weight is 407 g/mol. The normalized spacial score (nSPS) is 13.5. The summed E-state index contributed by atoms with van der Waals surface area (Å²) in [5, 5.41) is 9.61. The molecule has 2 heteroatoms. The van der Waals surface area contributed by atoms with Crippen LogP contribution in [0.3, 0.4) is 0 Å². The molecule has 0 aliphatic heterocycles. The van der Waals surface area contributed by atoms with Crippen LogP contribution in [-0.2, 0) is 12.0 Å². The molecule has 0 bridgehead atoms. The minimum absolute atomic E-state index is 0.0429. The van der Waals surface area contributed by atoms with Gasteiger partial charge in [-0.15, -0.1) is 0 Å². The predicted octanol–water partition coefficient (Wildman–Crippen LogP) is 6.17. The van der Waals surface area contributed by atoms with Crippen molar-refractivity contribution in [3.05, 3.63) is 124 Å². The number of methoxy groups -OCH3 is 1. The van der Waals surface area contributed by atoms with Crippen LogP contribution < -0.4 is 4.74 Å². The van der Waals surface area contributed by atoms with Gasteiger partial charge < -0.3 is 9.84 Å². The molecule has 1 aliphatic rings. The molecule has 0 fully saturated rings. The largest absolute Gasteiger partial charge is 0.497 e. The van der Waals surface area contributed by atoms with Gasteiger partial charge in [0, 0.05) is 0 Å². The van der Waals surface area contributed by atoms with Crippen molar-refractivity contribution >= 4 is 0 Å². The average Bonchev–Trinajstić information content (AvgIpc) is 3.08. The molecule has 0 saturated carbocycles. The van der Waals surface area contributed by atoms with E-state index in [1.165, 1.54) is 44.5 Å². The SMILES string of the molecule is COc1ccc(C2(c3ccc(CO)cc3)c3cc(C)ccc3-c3ccc(C)cc32)cc1. The quantitative estimate of drug-likeness (QED) is 0.387. The van der Waals surface area contributed by atoms with Gasteiger partial charge >= 0.3 is 0 Å². The summed E-state index contributed by atoms with van der Waals surface area (Å²) in [6.45, 7) is 4.35. The first kappa shape index (κ1) is 19.6. The maximum absolute atomic E-state index is 9.61. The third kappa shape index (κ3) is 2.90. The van der Waals surface area contributed by atoms with Crippen molar-refractivity contribution in [1.82, 2.24) is 0 Å². The monoisotopic (exact) mass is 406 g/mol. The Morgan fingerprint density at radius 1 is 0.677 bits per heavy atom. The second-order valence-corrected chi connectivity index (χ2v) is 8.43. The molecule has 0 amide bonds. The van der Waals surface area contributed by atoms with E-state index < -0.39 is 5.41 Å². The summed E-state index contributed by atoms with van der Waals surface area (Å²) in [5.41, 5.74) is 10.5. The fraction of sp³-hybridized carbons (Fsp3) is 0.172. The third-order valence-electron chi connectivity index (χ3n) is 6.54. The molecule has 2 nitrogen and oxygen atoms in total. The van der Waals surface area contributed by atoms with Crippen molar-refractivity contribution in [2.24, 2.45) is 0 Å². The van der Waals surface area contributed by atoms with Crippen LogP contribution in [0, 0.1) is 13.8 Å². The fourth-order valence-electron chi connectivity index (χ4n) is 5.04. The highest BCUT2D eigenvalue weighted by Crippen LogP contribution is 2.56. The zero-order chi connectivity index (χ0) is 21.6. The van der Waals surface area contributed by atoms with E-state index in [9.17, 15) is 5.11 Å². The van der Waals surface area contributed by atoms with Crippen LogP contribution in [0.25, 0.3) is 11.1 Å². The first-order chi connectivity index (χ1) is 15.1. The highest BCUT2D eigenvalue weighted by atomic mass is 16.5. The molecule has 0 spiro atoms. The maximum Gasteiger partial charge on any atom is 0.118 e. The smallest absolute Gasteiger partial charge is 0.118 e. The van der Waals surface area contributed by atoms with Gasteiger partial charge in [0.05, 0.1) is 19.1 Å². The summed E-state index contributed by atoms with van der Waals surface area (Å²) < 4.78 is 5.45. The standard InChI is InChI=1S/C29H26O2/c1-19-4-14-25-26-15-5-20(2)17-28(26)29(27(25)16-19,22-8-6-21(18-30)7-9-22)23-10-12-24(31-3)13-11-23/h4-17,30H,18H2,1-3H3. The first-order valence-electron chi connectivity index (χ1n) is 10.7. The zero-order valence-corrected chi connectivity index (χ0v) is 18.1. The first-order valence-corrected chi connectivity index (χ1v) is 10.7. The van der Waals surface area contributed by atoms with E-state index in [-0.39, 0.29) is 6.61 Å². The molecule has 5 rings (SSSR count). The van der Waals surface area contributed by atoms with E-state index in [4.69, 9.17) is 4.74 Å². The number of aliphatic hydroxyl groups excluding tert-OH is 1. The van der Waals surface area contributed by atoms with Crippen molar-refractivity contribution < 1.29 is 9.84 Å². The molecule has 31 heavy (non-hydrogen) atoms. The number of ether oxygens (including phenoxy) is 1. The van der Waals surface area contributed by atoms with Crippen LogP contribution >= 0.6 is 0 Å². The van der Waals surface area contributed by atoms with Crippen molar-refractivity contribution in [2.45, 2.75) is 25.9 Å². The molecule has 0 radical (unpaired) electrons. The van der Waals surface area contributed by atoms with Crippen LogP contribution in [-0.4, -0.2) is 12.2 Å². The van der Waals surface area contributed by atoms with Gasteiger partial charge in [-0.1, -0.05) is 83.9 Å². The molecule has 4 aromatic carbocycles. The van der Waals surface area contributed by atoms with Crippen LogP contribution in [0.1, 0.15) is 38.9 Å². The topological polar surface area (TPSA) is 29.5 Å². The van der Waals surface area contributed by atoms with Crippen molar-refractivity contribution in [3.8, 4) is 16.9 Å². The predicted molar refractivity (Wildman–Crippen MR) is 126 cm³/mol. The van der Waals surface area contributed by atoms with E-state index in [0.29, 0.717) is 0 Å². The van der Waals surface area contributed by atoms with Crippen LogP contribution in [0.4, 0.5) is 0 Å². The lowest BCUT2D eigenvalue weighted by atomic mass is 9.67. The van der Waals surface area contributed by atoms with Gasteiger partial charge in [0.15, 0.2) is 0 Å². The van der Waals surface area contributed by atoms with Gasteiger partial charge in [0.25, 0.3) is 0 Å². The third-order valence-corrected chi connectivity index (χ3v) is 6.54. The zero-order valence-electron chi connectivity index (χ0n) is 18.1. The fourth-order valence-corrected chi connectivity index (χ4v) is 5.04. The Balaban J connectivity index is 1.91. The number of aryl methyl sites for hydroxylation is 2. The Morgan fingerprint density at radius 2 is 1.16 bits per heavy atom. The number of fused-ring (bicyclic) bond motifs is 3. The van der Waals surface area contributed by atoms with Crippen LogP contribution in [0.5, 0.6) is 5.75 Å². The van der Waals surface area contributed by atoms with Crippen LogP contribution in [0.2, 0.25) is 0 Å². The second-order valence-electron chi connectivity index (χ2n) is 8.43. The summed E-state index contributed by atoms with van der Waals surface area (Å²) in [5.74, 6) is 0.849. The molecule has 0 saturated heterocycles. The number of rotatable bonds is 4. The lowest BCUT2D eigenvalue weighted by molar-refractivity contribution is 0.282. The Morgan fingerprint density at radius 3 is 1.61 bits per heavy atom. The lowest BCUT2D eigenvalue weighted by Crippen LogP contribution is -2.28. The minimum atomic E-state index is -0.428. The summed E-state index contributed by atoms with van der Waals surface area (Å²) >= 11 is 0. The Hall–Kier alpha value is -3.36. The van der Waals surface area contributed by atoms with E-state index >= 15 is 0 Å². The Labute approximate surface area is 183 Å². The van der Waals surface area contributed by atoms with Crippen molar-refractivity contribution in [1.29, 1.82) is 0 Å². The van der Waals surface area contributed by atoms with E-state index in [2.05, 4.69) is 74.5 Å². The second kappa shape index (κ2) is 7.40. The Bertz CT molecular complexity index is 1150. The van der Waals surface area contributed by atoms with Gasteiger partial charge in [-0.25, -0.2) is 0 Å². The molecule has 0 unspecified atom stereocenters. The van der Waals surface area contributed by atoms with Gasteiger partial charge in [-0.3, -0.25) is 0 Å². The van der Waals surface area contributed by atoms with Gasteiger partial charge in [0.1, 0.15) is 5.75 Å². The van der Waals surface area contributed by atoms with Gasteiger partial charge in [-0.2, -0.15) is 0 Å². The molecule has 1 N–H and O–H groups in total. The molecule has 0 atom stereocenters. The Kier molecular flexibility index (Phi) is 4.68. The summed E-state index contributed by atoms with van der Waals surface area (Å²) in [6.07, 6.45) is 0. The minimum Gasteiger partial charge on any atom is -0.497 e.